The fraction of sp³-hybridized carbons (Fsp3) is 0.583. The van der Waals surface area contributed by atoms with Gasteiger partial charge < -0.3 is 20.7 Å². The lowest BCUT2D eigenvalue weighted by molar-refractivity contribution is 0.304. The van der Waals surface area contributed by atoms with E-state index in [0.29, 0.717) is 0 Å². The molecule has 0 amide bonds. The first-order chi connectivity index (χ1) is 8.06. The molecule has 1 aromatic rings. The van der Waals surface area contributed by atoms with Crippen molar-refractivity contribution >= 4 is 5.84 Å². The van der Waals surface area contributed by atoms with Crippen LogP contribution in [0.4, 0.5) is 0 Å². The van der Waals surface area contributed by atoms with Crippen molar-refractivity contribution in [3.05, 3.63) is 24.2 Å². The van der Waals surface area contributed by atoms with Crippen LogP contribution in [0.2, 0.25) is 0 Å². The van der Waals surface area contributed by atoms with Crippen LogP contribution in [0.1, 0.15) is 32.4 Å². The van der Waals surface area contributed by atoms with Crippen molar-refractivity contribution in [3.63, 3.8) is 0 Å². The smallest absolute Gasteiger partial charge is 0.144 e. The zero-order valence-corrected chi connectivity index (χ0v) is 10.4. The molecule has 0 aliphatic heterocycles. The maximum absolute atomic E-state index is 8.63. The number of nitrogens with one attached hydrogen (secondary N) is 1. The molecule has 5 heteroatoms. The van der Waals surface area contributed by atoms with E-state index in [-0.39, 0.29) is 11.3 Å². The summed E-state index contributed by atoms with van der Waals surface area (Å²) in [6.07, 6.45) is 3.50. The lowest BCUT2D eigenvalue weighted by Gasteiger charge is -2.22. The second-order valence-electron chi connectivity index (χ2n) is 4.73. The minimum atomic E-state index is -0.263. The minimum Gasteiger partial charge on any atom is -0.468 e. The Hall–Kier alpha value is -1.49. The first kappa shape index (κ1) is 13.6. The first-order valence-electron chi connectivity index (χ1n) is 5.77. The van der Waals surface area contributed by atoms with Crippen LogP contribution in [0.25, 0.3) is 0 Å². The van der Waals surface area contributed by atoms with Gasteiger partial charge in [0.25, 0.3) is 0 Å². The van der Waals surface area contributed by atoms with Gasteiger partial charge in [0.05, 0.1) is 12.8 Å². The van der Waals surface area contributed by atoms with Crippen LogP contribution in [0.15, 0.2) is 28.0 Å². The molecule has 4 N–H and O–H groups in total. The molecule has 96 valence electrons. The van der Waals surface area contributed by atoms with E-state index in [1.54, 1.807) is 6.26 Å². The van der Waals surface area contributed by atoms with Crippen LogP contribution in [0.3, 0.4) is 0 Å². The van der Waals surface area contributed by atoms with E-state index in [2.05, 4.69) is 10.5 Å². The Morgan fingerprint density at radius 2 is 2.35 bits per heavy atom. The van der Waals surface area contributed by atoms with E-state index in [1.165, 1.54) is 0 Å². The van der Waals surface area contributed by atoms with E-state index >= 15 is 0 Å². The molecule has 0 spiro atoms. The van der Waals surface area contributed by atoms with Crippen molar-refractivity contribution in [2.24, 2.45) is 16.3 Å². The van der Waals surface area contributed by atoms with E-state index in [0.717, 1.165) is 31.7 Å². The molecular weight excluding hydrogens is 218 g/mol. The summed E-state index contributed by atoms with van der Waals surface area (Å²) in [6.45, 7) is 5.54. The Bertz CT molecular complexity index is 345. The SMILES string of the molecule is CC(C)(CCCNCc1ccco1)C(N)=NO. The number of oxime groups is 1. The molecule has 0 saturated carbocycles. The summed E-state index contributed by atoms with van der Waals surface area (Å²) in [5.74, 6) is 1.21. The van der Waals surface area contributed by atoms with Crippen LogP contribution in [-0.4, -0.2) is 17.6 Å². The zero-order chi connectivity index (χ0) is 12.7. The summed E-state index contributed by atoms with van der Waals surface area (Å²) in [5, 5.41) is 15.0. The van der Waals surface area contributed by atoms with Crippen LogP contribution in [0, 0.1) is 5.41 Å². The molecule has 0 radical (unpaired) electrons. The number of hydrogen-bond acceptors (Lipinski definition) is 4. The van der Waals surface area contributed by atoms with Crippen LogP contribution >= 0.6 is 0 Å². The van der Waals surface area contributed by atoms with Crippen molar-refractivity contribution < 1.29 is 9.62 Å². The average molecular weight is 239 g/mol. The van der Waals surface area contributed by atoms with Crippen molar-refractivity contribution in [2.75, 3.05) is 6.54 Å². The van der Waals surface area contributed by atoms with Gasteiger partial charge in [-0.15, -0.1) is 0 Å². The maximum atomic E-state index is 8.63. The Balaban J connectivity index is 2.16. The predicted octanol–water partition coefficient (Wildman–Crippen LogP) is 1.92. The largest absolute Gasteiger partial charge is 0.468 e. The molecule has 0 fully saturated rings. The Morgan fingerprint density at radius 1 is 1.59 bits per heavy atom. The zero-order valence-electron chi connectivity index (χ0n) is 10.4. The highest BCUT2D eigenvalue weighted by Gasteiger charge is 2.22. The second kappa shape index (κ2) is 6.30. The molecule has 5 nitrogen and oxygen atoms in total. The summed E-state index contributed by atoms with van der Waals surface area (Å²) in [6, 6.07) is 3.81. The Morgan fingerprint density at radius 3 is 2.94 bits per heavy atom. The van der Waals surface area contributed by atoms with Gasteiger partial charge in [0.15, 0.2) is 0 Å². The van der Waals surface area contributed by atoms with Crippen molar-refractivity contribution in [1.29, 1.82) is 0 Å². The molecular formula is C12H21N3O2. The summed E-state index contributed by atoms with van der Waals surface area (Å²) in [7, 11) is 0. The number of rotatable bonds is 7. The minimum absolute atomic E-state index is 0.263. The third-order valence-electron chi connectivity index (χ3n) is 2.84. The van der Waals surface area contributed by atoms with Gasteiger partial charge in [0, 0.05) is 5.41 Å². The third kappa shape index (κ3) is 4.48. The van der Waals surface area contributed by atoms with Gasteiger partial charge in [-0.05, 0) is 31.5 Å². The van der Waals surface area contributed by atoms with Gasteiger partial charge in [0.2, 0.25) is 0 Å². The molecule has 1 rings (SSSR count). The van der Waals surface area contributed by atoms with Gasteiger partial charge in [0.1, 0.15) is 11.6 Å². The number of nitrogens with two attached hydrogens (primary N) is 1. The van der Waals surface area contributed by atoms with Crippen molar-refractivity contribution in [2.45, 2.75) is 33.2 Å². The summed E-state index contributed by atoms with van der Waals surface area (Å²) < 4.78 is 5.20. The summed E-state index contributed by atoms with van der Waals surface area (Å²) >= 11 is 0. The molecule has 17 heavy (non-hydrogen) atoms. The number of amidine groups is 1. The number of hydrogen-bond donors (Lipinski definition) is 3. The number of furan rings is 1. The highest BCUT2D eigenvalue weighted by Crippen LogP contribution is 2.21. The molecule has 0 saturated heterocycles. The lowest BCUT2D eigenvalue weighted by atomic mass is 9.86. The lowest BCUT2D eigenvalue weighted by Crippen LogP contribution is -2.32. The molecule has 0 aromatic carbocycles. The predicted molar refractivity (Wildman–Crippen MR) is 66.8 cm³/mol. The topological polar surface area (TPSA) is 83.8 Å². The standard InChI is InChI=1S/C12H21N3O2/c1-12(2,11(13)15-16)6-4-7-14-9-10-5-3-8-17-10/h3,5,8,14,16H,4,6-7,9H2,1-2H3,(H2,13,15). The number of nitrogens with zero attached hydrogens (tertiary/aromatic N) is 1. The van der Waals surface area contributed by atoms with Crippen LogP contribution in [0.5, 0.6) is 0 Å². The quantitative estimate of drug-likeness (QED) is 0.223. The average Bonchev–Trinajstić information content (AvgIpc) is 2.80. The van der Waals surface area contributed by atoms with Crippen LogP contribution < -0.4 is 11.1 Å². The fourth-order valence-corrected chi connectivity index (χ4v) is 1.54. The third-order valence-corrected chi connectivity index (χ3v) is 2.84. The monoisotopic (exact) mass is 239 g/mol. The van der Waals surface area contributed by atoms with Crippen molar-refractivity contribution in [3.8, 4) is 0 Å². The van der Waals surface area contributed by atoms with Gasteiger partial charge in [-0.1, -0.05) is 19.0 Å². The van der Waals surface area contributed by atoms with Gasteiger partial charge >= 0.3 is 0 Å². The molecule has 0 bridgehead atoms. The Kier molecular flexibility index (Phi) is 5.03. The van der Waals surface area contributed by atoms with Crippen LogP contribution in [-0.2, 0) is 6.54 Å². The molecule has 0 unspecified atom stereocenters. The fourth-order valence-electron chi connectivity index (χ4n) is 1.54. The van der Waals surface area contributed by atoms with Gasteiger partial charge in [-0.3, -0.25) is 0 Å². The molecule has 1 aromatic heterocycles. The first-order valence-corrected chi connectivity index (χ1v) is 5.77. The van der Waals surface area contributed by atoms with Gasteiger partial charge in [-0.2, -0.15) is 0 Å². The van der Waals surface area contributed by atoms with E-state index < -0.39 is 0 Å². The van der Waals surface area contributed by atoms with E-state index in [9.17, 15) is 0 Å². The highest BCUT2D eigenvalue weighted by atomic mass is 16.4. The van der Waals surface area contributed by atoms with Gasteiger partial charge in [-0.25, -0.2) is 0 Å². The molecule has 0 aliphatic carbocycles. The van der Waals surface area contributed by atoms with E-state index in [1.807, 2.05) is 26.0 Å². The maximum Gasteiger partial charge on any atom is 0.144 e. The van der Waals surface area contributed by atoms with E-state index in [4.69, 9.17) is 15.4 Å². The summed E-state index contributed by atoms with van der Waals surface area (Å²) in [5.41, 5.74) is 5.34. The normalized spacial score (nSPS) is 12.9. The Labute approximate surface area is 102 Å². The molecule has 0 atom stereocenters. The molecule has 0 aliphatic rings. The molecule has 1 heterocycles. The second-order valence-corrected chi connectivity index (χ2v) is 4.73. The summed E-state index contributed by atoms with van der Waals surface area (Å²) in [4.78, 5) is 0. The van der Waals surface area contributed by atoms with Crippen molar-refractivity contribution in [1.82, 2.24) is 5.32 Å². The highest BCUT2D eigenvalue weighted by molar-refractivity contribution is 5.85.